The molecule has 0 aliphatic rings. The van der Waals surface area contributed by atoms with Gasteiger partial charge in [-0.3, -0.25) is 4.79 Å². The maximum absolute atomic E-state index is 12.3. The third-order valence-electron chi connectivity index (χ3n) is 4.28. The highest BCUT2D eigenvalue weighted by Crippen LogP contribution is 2.22. The number of hydrogen-bond acceptors (Lipinski definition) is 5. The van der Waals surface area contributed by atoms with Crippen molar-refractivity contribution in [3.05, 3.63) is 90.5 Å². The van der Waals surface area contributed by atoms with Gasteiger partial charge in [-0.25, -0.2) is 4.79 Å². The molecule has 6 nitrogen and oxygen atoms in total. The van der Waals surface area contributed by atoms with E-state index in [4.69, 9.17) is 9.47 Å². The van der Waals surface area contributed by atoms with E-state index in [1.165, 1.54) is 37.3 Å². The van der Waals surface area contributed by atoms with Gasteiger partial charge in [-0.05, 0) is 67.1 Å². The summed E-state index contributed by atoms with van der Waals surface area (Å²) in [7, 11) is 0. The summed E-state index contributed by atoms with van der Waals surface area (Å²) in [6, 6.07) is 21.7. The maximum atomic E-state index is 12.3. The van der Waals surface area contributed by atoms with Gasteiger partial charge in [0.05, 0.1) is 0 Å². The molecule has 1 amide bonds. The lowest BCUT2D eigenvalue weighted by atomic mass is 10.2. The summed E-state index contributed by atoms with van der Waals surface area (Å²) in [5.74, 6) is 0.0896. The molecule has 0 bridgehead atoms. The SMILES string of the molecule is CC(OC(=O)C=Cc1ccc(OC(F)F)cc1)C(=O)Nc1ccc(Oc2ccccc2)cc1. The van der Waals surface area contributed by atoms with Crippen LogP contribution in [0.25, 0.3) is 6.08 Å². The molecule has 0 heterocycles. The lowest BCUT2D eigenvalue weighted by Crippen LogP contribution is -2.29. The van der Waals surface area contributed by atoms with Crippen molar-refractivity contribution in [2.75, 3.05) is 5.32 Å². The molecule has 0 aliphatic carbocycles. The minimum atomic E-state index is -2.91. The topological polar surface area (TPSA) is 73.9 Å². The fraction of sp³-hybridized carbons (Fsp3) is 0.120. The van der Waals surface area contributed by atoms with Gasteiger partial charge in [-0.1, -0.05) is 30.3 Å². The average Bonchev–Trinajstić information content (AvgIpc) is 2.80. The van der Waals surface area contributed by atoms with E-state index in [0.29, 0.717) is 22.7 Å². The molecule has 0 spiro atoms. The number of anilines is 1. The normalized spacial score (nSPS) is 11.8. The molecule has 170 valence electrons. The molecule has 0 radical (unpaired) electrons. The highest BCUT2D eigenvalue weighted by atomic mass is 19.3. The Kier molecular flexibility index (Phi) is 8.13. The Hall–Kier alpha value is -4.20. The minimum absolute atomic E-state index is 0.00896. The Morgan fingerprint density at radius 1 is 0.848 bits per heavy atom. The molecule has 0 aromatic heterocycles. The van der Waals surface area contributed by atoms with E-state index in [-0.39, 0.29) is 5.75 Å². The first-order chi connectivity index (χ1) is 15.9. The van der Waals surface area contributed by atoms with Crippen molar-refractivity contribution in [3.63, 3.8) is 0 Å². The zero-order valence-electron chi connectivity index (χ0n) is 17.6. The lowest BCUT2D eigenvalue weighted by Gasteiger charge is -2.13. The Labute approximate surface area is 189 Å². The number of benzene rings is 3. The van der Waals surface area contributed by atoms with Crippen LogP contribution in [0.4, 0.5) is 14.5 Å². The van der Waals surface area contributed by atoms with Gasteiger partial charge in [0.25, 0.3) is 5.91 Å². The summed E-state index contributed by atoms with van der Waals surface area (Å²) in [4.78, 5) is 24.3. The van der Waals surface area contributed by atoms with E-state index >= 15 is 0 Å². The molecule has 3 aromatic carbocycles. The van der Waals surface area contributed by atoms with Crippen LogP contribution in [0.2, 0.25) is 0 Å². The molecular weight excluding hydrogens is 432 g/mol. The number of rotatable bonds is 9. The summed E-state index contributed by atoms with van der Waals surface area (Å²) >= 11 is 0. The number of esters is 1. The first-order valence-corrected chi connectivity index (χ1v) is 9.96. The van der Waals surface area contributed by atoms with E-state index in [2.05, 4.69) is 10.1 Å². The van der Waals surface area contributed by atoms with Crippen molar-refractivity contribution in [3.8, 4) is 17.2 Å². The number of amides is 1. The van der Waals surface area contributed by atoms with Crippen molar-refractivity contribution in [1.82, 2.24) is 0 Å². The molecular formula is C25H21F2NO5. The van der Waals surface area contributed by atoms with Crippen LogP contribution in [-0.4, -0.2) is 24.6 Å². The summed E-state index contributed by atoms with van der Waals surface area (Å²) in [5.41, 5.74) is 1.09. The van der Waals surface area contributed by atoms with Crippen molar-refractivity contribution in [2.24, 2.45) is 0 Å². The number of hydrogen-bond donors (Lipinski definition) is 1. The lowest BCUT2D eigenvalue weighted by molar-refractivity contribution is -0.148. The number of halogens is 2. The molecule has 1 unspecified atom stereocenters. The van der Waals surface area contributed by atoms with Gasteiger partial charge in [-0.2, -0.15) is 8.78 Å². The molecule has 0 saturated heterocycles. The molecule has 8 heteroatoms. The predicted molar refractivity (Wildman–Crippen MR) is 119 cm³/mol. The van der Waals surface area contributed by atoms with Crippen LogP contribution < -0.4 is 14.8 Å². The Morgan fingerprint density at radius 3 is 2.09 bits per heavy atom. The average molecular weight is 453 g/mol. The Balaban J connectivity index is 1.47. The number of alkyl halides is 2. The van der Waals surface area contributed by atoms with Crippen LogP contribution in [0, 0.1) is 0 Å². The summed E-state index contributed by atoms with van der Waals surface area (Å²) in [6.45, 7) is -1.46. The third kappa shape index (κ3) is 7.77. The smallest absolute Gasteiger partial charge is 0.387 e. The number of carbonyl (C=O) groups is 2. The van der Waals surface area contributed by atoms with Gasteiger partial charge < -0.3 is 19.5 Å². The van der Waals surface area contributed by atoms with E-state index in [1.807, 2.05) is 30.3 Å². The standard InChI is InChI=1S/C25H21F2NO5/c1-17(31-23(29)16-9-18-7-12-22(13-8-18)33-25(26)27)24(30)28-19-10-14-21(15-11-19)32-20-5-3-2-4-6-20/h2-17,25H,1H3,(H,28,30). The second-order valence-electron chi connectivity index (χ2n) is 6.79. The number of para-hydroxylation sites is 1. The first kappa shape index (κ1) is 23.5. The highest BCUT2D eigenvalue weighted by Gasteiger charge is 2.16. The van der Waals surface area contributed by atoms with Crippen molar-refractivity contribution in [1.29, 1.82) is 0 Å². The molecule has 3 aromatic rings. The Bertz CT molecular complexity index is 1080. The largest absolute Gasteiger partial charge is 0.457 e. The van der Waals surface area contributed by atoms with Crippen molar-refractivity contribution in [2.45, 2.75) is 19.6 Å². The van der Waals surface area contributed by atoms with Gasteiger partial charge in [0.2, 0.25) is 0 Å². The summed E-state index contributed by atoms with van der Waals surface area (Å²) < 4.78 is 39.4. The molecule has 3 rings (SSSR count). The zero-order valence-corrected chi connectivity index (χ0v) is 17.6. The van der Waals surface area contributed by atoms with Gasteiger partial charge >= 0.3 is 12.6 Å². The molecule has 1 atom stereocenters. The van der Waals surface area contributed by atoms with E-state index in [1.54, 1.807) is 24.3 Å². The van der Waals surface area contributed by atoms with Crippen LogP contribution in [0.3, 0.4) is 0 Å². The molecule has 33 heavy (non-hydrogen) atoms. The fourth-order valence-electron chi connectivity index (χ4n) is 2.67. The number of nitrogens with one attached hydrogen (secondary N) is 1. The number of ether oxygens (including phenoxy) is 3. The Morgan fingerprint density at radius 2 is 1.45 bits per heavy atom. The van der Waals surface area contributed by atoms with Gasteiger partial charge in [0, 0.05) is 11.8 Å². The van der Waals surface area contributed by atoms with Crippen LogP contribution in [0.1, 0.15) is 12.5 Å². The van der Waals surface area contributed by atoms with Crippen LogP contribution in [0.5, 0.6) is 17.2 Å². The second-order valence-corrected chi connectivity index (χ2v) is 6.79. The molecule has 0 saturated carbocycles. The van der Waals surface area contributed by atoms with Gasteiger partial charge in [-0.15, -0.1) is 0 Å². The highest BCUT2D eigenvalue weighted by molar-refractivity contribution is 5.96. The maximum Gasteiger partial charge on any atom is 0.387 e. The molecule has 1 N–H and O–H groups in total. The van der Waals surface area contributed by atoms with E-state index in [9.17, 15) is 18.4 Å². The quantitative estimate of drug-likeness (QED) is 0.334. The van der Waals surface area contributed by atoms with Crippen molar-refractivity contribution < 1.29 is 32.6 Å². The van der Waals surface area contributed by atoms with Crippen molar-refractivity contribution >= 4 is 23.6 Å². The van der Waals surface area contributed by atoms with Gasteiger partial charge in [0.15, 0.2) is 6.10 Å². The second kappa shape index (κ2) is 11.4. The zero-order chi connectivity index (χ0) is 23.6. The third-order valence-corrected chi connectivity index (χ3v) is 4.28. The van der Waals surface area contributed by atoms with Crippen LogP contribution in [0.15, 0.2) is 84.9 Å². The minimum Gasteiger partial charge on any atom is -0.457 e. The van der Waals surface area contributed by atoms with E-state index in [0.717, 1.165) is 6.08 Å². The number of carbonyl (C=O) groups excluding carboxylic acids is 2. The molecule has 0 aliphatic heterocycles. The predicted octanol–water partition coefficient (Wildman–Crippen LogP) is 5.66. The summed E-state index contributed by atoms with van der Waals surface area (Å²) in [5, 5.41) is 2.66. The van der Waals surface area contributed by atoms with Crippen LogP contribution >= 0.6 is 0 Å². The van der Waals surface area contributed by atoms with Crippen LogP contribution in [-0.2, 0) is 14.3 Å². The van der Waals surface area contributed by atoms with Gasteiger partial charge in [0.1, 0.15) is 17.2 Å². The molecule has 0 fully saturated rings. The van der Waals surface area contributed by atoms with E-state index < -0.39 is 24.6 Å². The monoisotopic (exact) mass is 453 g/mol. The first-order valence-electron chi connectivity index (χ1n) is 9.96. The summed E-state index contributed by atoms with van der Waals surface area (Å²) in [6.07, 6.45) is 1.54. The fourth-order valence-corrected chi connectivity index (χ4v) is 2.67.